The largest absolute Gasteiger partial charge is 0.513 e. The summed E-state index contributed by atoms with van der Waals surface area (Å²) in [6, 6.07) is 12.9. The summed E-state index contributed by atoms with van der Waals surface area (Å²) in [6.07, 6.45) is 2.41. The zero-order valence-corrected chi connectivity index (χ0v) is 20.9. The van der Waals surface area contributed by atoms with Gasteiger partial charge in [0.15, 0.2) is 0 Å². The van der Waals surface area contributed by atoms with Gasteiger partial charge in [0.1, 0.15) is 17.5 Å². The quantitative estimate of drug-likeness (QED) is 0.233. The molecule has 0 saturated carbocycles. The molecule has 0 aromatic heterocycles. The first-order valence-electron chi connectivity index (χ1n) is 10.6. The van der Waals surface area contributed by atoms with Gasteiger partial charge in [-0.15, -0.1) is 11.8 Å². The molecule has 0 radical (unpaired) electrons. The number of carbonyl (C=O) groups is 2. The molecular weight excluding hydrogens is 465 g/mol. The van der Waals surface area contributed by atoms with Crippen molar-refractivity contribution in [3.63, 3.8) is 0 Å². The highest BCUT2D eigenvalue weighted by molar-refractivity contribution is 7.98. The van der Waals surface area contributed by atoms with Gasteiger partial charge in [0.25, 0.3) is 0 Å². The van der Waals surface area contributed by atoms with Crippen LogP contribution in [0.2, 0.25) is 0 Å². The summed E-state index contributed by atoms with van der Waals surface area (Å²) < 4.78 is 35.3. The third kappa shape index (κ3) is 8.76. The molecule has 0 amide bonds. The van der Waals surface area contributed by atoms with E-state index in [-0.39, 0.29) is 24.7 Å². The first kappa shape index (κ1) is 26.8. The fourth-order valence-corrected chi connectivity index (χ4v) is 4.77. The lowest BCUT2D eigenvalue weighted by Gasteiger charge is -2.24. The maximum atomic E-state index is 13.8. The number of carbonyl (C=O) groups excluding carboxylic acids is 2. The van der Waals surface area contributed by atoms with Gasteiger partial charge >= 0.3 is 19.7 Å². The van der Waals surface area contributed by atoms with Crippen molar-refractivity contribution in [1.29, 1.82) is 0 Å². The van der Waals surface area contributed by atoms with Gasteiger partial charge in [0.05, 0.1) is 13.2 Å². The van der Waals surface area contributed by atoms with Crippen molar-refractivity contribution in [2.24, 2.45) is 0 Å². The van der Waals surface area contributed by atoms with Crippen molar-refractivity contribution in [1.82, 2.24) is 5.09 Å². The average molecular weight is 496 g/mol. The smallest absolute Gasteiger partial charge is 0.466 e. The lowest BCUT2D eigenvalue weighted by molar-refractivity contribution is -0.145. The van der Waals surface area contributed by atoms with Crippen LogP contribution in [0.25, 0.3) is 0 Å². The average Bonchev–Trinajstić information content (AvgIpc) is 2.79. The van der Waals surface area contributed by atoms with E-state index in [0.717, 1.165) is 4.90 Å². The van der Waals surface area contributed by atoms with Crippen LogP contribution in [0, 0.1) is 0 Å². The molecule has 2 aromatic rings. The Morgan fingerprint density at radius 2 is 1.67 bits per heavy atom. The summed E-state index contributed by atoms with van der Waals surface area (Å²) in [7, 11) is -4.08. The molecule has 0 heterocycles. The number of hydrogen-bond acceptors (Lipinski definition) is 8. The summed E-state index contributed by atoms with van der Waals surface area (Å²) >= 11 is 1.56. The van der Waals surface area contributed by atoms with Gasteiger partial charge in [-0.25, -0.2) is 4.57 Å². The molecule has 33 heavy (non-hydrogen) atoms. The Kier molecular flexibility index (Phi) is 10.8. The number of hydrogen-bond donors (Lipinski definition) is 1. The number of esters is 2. The fraction of sp³-hybridized carbons (Fsp3) is 0.391. The number of thioether (sulfide) groups is 1. The van der Waals surface area contributed by atoms with Crippen LogP contribution in [0.1, 0.15) is 32.8 Å². The zero-order valence-electron chi connectivity index (χ0n) is 19.2. The summed E-state index contributed by atoms with van der Waals surface area (Å²) in [6.45, 7) is 5.42. The Labute approximate surface area is 198 Å². The molecule has 2 unspecified atom stereocenters. The van der Waals surface area contributed by atoms with Gasteiger partial charge in [-0.1, -0.05) is 18.2 Å². The van der Waals surface area contributed by atoms with Crippen LogP contribution in [-0.2, 0) is 30.0 Å². The number of nitrogens with one attached hydrogen (secondary N) is 1. The normalized spacial score (nSPS) is 13.5. The summed E-state index contributed by atoms with van der Waals surface area (Å²) in [4.78, 5) is 24.9. The molecule has 8 nitrogen and oxygen atoms in total. The predicted molar refractivity (Wildman–Crippen MR) is 128 cm³/mol. The lowest BCUT2D eigenvalue weighted by atomic mass is 10.1. The molecule has 0 spiro atoms. The van der Waals surface area contributed by atoms with E-state index in [1.54, 1.807) is 62.0 Å². The number of aryl methyl sites for hydroxylation is 1. The Balaban J connectivity index is 2.28. The molecule has 0 aliphatic heterocycles. The maximum Gasteiger partial charge on any atom is 0.513 e. The minimum Gasteiger partial charge on any atom is -0.466 e. The molecule has 0 saturated heterocycles. The van der Waals surface area contributed by atoms with Crippen molar-refractivity contribution < 1.29 is 32.7 Å². The molecule has 10 heteroatoms. The Morgan fingerprint density at radius 1 is 1.00 bits per heavy atom. The summed E-state index contributed by atoms with van der Waals surface area (Å²) in [5.41, 5.74) is 0.651. The summed E-state index contributed by atoms with van der Waals surface area (Å²) in [5.74, 6) is -0.342. The van der Waals surface area contributed by atoms with Crippen molar-refractivity contribution in [2.75, 3.05) is 19.5 Å². The lowest BCUT2D eigenvalue weighted by Crippen LogP contribution is -2.35. The van der Waals surface area contributed by atoms with Crippen LogP contribution in [-0.4, -0.2) is 37.4 Å². The Hall–Kier alpha value is -2.48. The van der Waals surface area contributed by atoms with Gasteiger partial charge in [-0.3, -0.25) is 9.59 Å². The molecule has 180 valence electrons. The third-order valence-corrected chi connectivity index (χ3v) is 6.71. The Morgan fingerprint density at radius 3 is 2.30 bits per heavy atom. The van der Waals surface area contributed by atoms with Crippen LogP contribution in [0.3, 0.4) is 0 Å². The molecule has 2 atom stereocenters. The molecule has 0 aliphatic carbocycles. The van der Waals surface area contributed by atoms with E-state index < -0.39 is 19.8 Å². The second-order valence-electron chi connectivity index (χ2n) is 6.87. The van der Waals surface area contributed by atoms with Gasteiger partial charge < -0.3 is 18.5 Å². The van der Waals surface area contributed by atoms with E-state index >= 15 is 0 Å². The monoisotopic (exact) mass is 495 g/mol. The Bertz CT molecular complexity index is 968. The molecule has 0 bridgehead atoms. The van der Waals surface area contributed by atoms with E-state index in [2.05, 4.69) is 5.09 Å². The fourth-order valence-electron chi connectivity index (χ4n) is 2.80. The first-order valence-corrected chi connectivity index (χ1v) is 13.4. The van der Waals surface area contributed by atoms with Gasteiger partial charge in [0, 0.05) is 11.3 Å². The standard InChI is InChI=1S/C23H30NO7PS/c1-5-28-22(25)16-11-18-9-7-8-10-21(18)31-32(27,24-17(3)23(26)29-6-2)30-19-12-14-20(33-4)15-13-19/h7-10,12-15,17H,5-6,11,16H2,1-4H3,(H,24,27). The molecular formula is C23H30NO7PS. The SMILES string of the molecule is CCOC(=O)CCc1ccccc1OP(=O)(NC(C)C(=O)OCC)Oc1ccc(SC)cc1. The molecule has 2 rings (SSSR count). The predicted octanol–water partition coefficient (Wildman–Crippen LogP) is 5.01. The second kappa shape index (κ2) is 13.3. The van der Waals surface area contributed by atoms with Crippen molar-refractivity contribution >= 4 is 31.4 Å². The minimum atomic E-state index is -4.08. The van der Waals surface area contributed by atoms with E-state index in [0.29, 0.717) is 24.3 Å². The van der Waals surface area contributed by atoms with Crippen LogP contribution in [0.15, 0.2) is 53.4 Å². The first-order chi connectivity index (χ1) is 15.8. The van der Waals surface area contributed by atoms with Crippen LogP contribution < -0.4 is 14.1 Å². The van der Waals surface area contributed by atoms with Gasteiger partial charge in [-0.2, -0.15) is 5.09 Å². The molecule has 2 aromatic carbocycles. The van der Waals surface area contributed by atoms with Crippen LogP contribution in [0.5, 0.6) is 11.5 Å². The highest BCUT2D eigenvalue weighted by atomic mass is 32.2. The van der Waals surface area contributed by atoms with E-state index in [9.17, 15) is 14.2 Å². The maximum absolute atomic E-state index is 13.8. The topological polar surface area (TPSA) is 100 Å². The number of benzene rings is 2. The summed E-state index contributed by atoms with van der Waals surface area (Å²) in [5, 5.41) is 2.66. The number of rotatable bonds is 13. The van der Waals surface area contributed by atoms with Gasteiger partial charge in [0.2, 0.25) is 0 Å². The van der Waals surface area contributed by atoms with E-state index in [4.69, 9.17) is 18.5 Å². The van der Waals surface area contributed by atoms with Gasteiger partial charge in [-0.05, 0) is 69.3 Å². The minimum absolute atomic E-state index is 0.141. The molecule has 1 N–H and O–H groups in total. The third-order valence-electron chi connectivity index (χ3n) is 4.37. The molecule has 0 aliphatic rings. The van der Waals surface area contributed by atoms with E-state index in [1.165, 1.54) is 6.92 Å². The van der Waals surface area contributed by atoms with Crippen molar-refractivity contribution in [2.45, 2.75) is 44.6 Å². The van der Waals surface area contributed by atoms with E-state index in [1.807, 2.05) is 18.4 Å². The highest BCUT2D eigenvalue weighted by Gasteiger charge is 2.34. The number of para-hydroxylation sites is 1. The number of ether oxygens (including phenoxy) is 2. The van der Waals surface area contributed by atoms with Crippen LogP contribution >= 0.6 is 19.5 Å². The molecule has 0 fully saturated rings. The second-order valence-corrected chi connectivity index (χ2v) is 9.37. The highest BCUT2D eigenvalue weighted by Crippen LogP contribution is 2.46. The van der Waals surface area contributed by atoms with Crippen LogP contribution in [0.4, 0.5) is 0 Å². The zero-order chi connectivity index (χ0) is 24.3. The van der Waals surface area contributed by atoms with Crippen molar-refractivity contribution in [3.05, 3.63) is 54.1 Å². The van der Waals surface area contributed by atoms with Crippen molar-refractivity contribution in [3.8, 4) is 11.5 Å².